The van der Waals surface area contributed by atoms with Gasteiger partial charge in [0, 0.05) is 25.9 Å². The maximum atomic E-state index is 5.47. The highest BCUT2D eigenvalue weighted by molar-refractivity contribution is 5.28. The van der Waals surface area contributed by atoms with Crippen LogP contribution in [0.25, 0.3) is 0 Å². The molecule has 0 aliphatic heterocycles. The molecule has 0 aliphatic carbocycles. The van der Waals surface area contributed by atoms with Crippen molar-refractivity contribution < 1.29 is 4.74 Å². The first-order valence-corrected chi connectivity index (χ1v) is 6.06. The molecule has 16 heavy (non-hydrogen) atoms. The van der Waals surface area contributed by atoms with Crippen molar-refractivity contribution in [3.05, 3.63) is 11.9 Å². The summed E-state index contributed by atoms with van der Waals surface area (Å²) in [5.41, 5.74) is 1.06. The van der Waals surface area contributed by atoms with Crippen LogP contribution in [0.5, 0.6) is 0 Å². The average Bonchev–Trinajstić information content (AvgIpc) is 2.57. The highest BCUT2D eigenvalue weighted by Crippen LogP contribution is 2.09. The van der Waals surface area contributed by atoms with Crippen molar-refractivity contribution in [2.24, 2.45) is 0 Å². The van der Waals surface area contributed by atoms with E-state index >= 15 is 0 Å². The number of imidazole rings is 1. The van der Waals surface area contributed by atoms with Gasteiger partial charge in [-0.2, -0.15) is 0 Å². The molecule has 1 rings (SSSR count). The molecule has 0 saturated carbocycles. The van der Waals surface area contributed by atoms with Gasteiger partial charge in [0.15, 0.2) is 0 Å². The van der Waals surface area contributed by atoms with Crippen LogP contribution < -0.4 is 5.32 Å². The lowest BCUT2D eigenvalue weighted by atomic mass is 10.4. The summed E-state index contributed by atoms with van der Waals surface area (Å²) in [7, 11) is 0. The summed E-state index contributed by atoms with van der Waals surface area (Å²) >= 11 is 0. The molecular formula is C12H23N3O. The molecule has 92 valence electrons. The summed E-state index contributed by atoms with van der Waals surface area (Å²) in [5.74, 6) is 0.950. The van der Waals surface area contributed by atoms with Crippen molar-refractivity contribution in [2.45, 2.75) is 46.8 Å². The lowest BCUT2D eigenvalue weighted by Crippen LogP contribution is -2.21. The maximum Gasteiger partial charge on any atom is 0.203 e. The number of hydrogen-bond acceptors (Lipinski definition) is 3. The van der Waals surface area contributed by atoms with Crippen LogP contribution in [0.4, 0.5) is 5.95 Å². The fraction of sp³-hybridized carbons (Fsp3) is 0.750. The standard InChI is InChI=1S/C12H23N3O/c1-5-7-15-9-10(3)14-12(15)13-8-11(4)16-6-2/h9,11H,5-8H2,1-4H3,(H,13,14). The Kier molecular flexibility index (Phi) is 5.32. The fourth-order valence-corrected chi connectivity index (χ4v) is 1.68. The van der Waals surface area contributed by atoms with Gasteiger partial charge in [0.05, 0.1) is 11.8 Å². The van der Waals surface area contributed by atoms with Crippen LogP contribution in [0.1, 0.15) is 32.9 Å². The molecule has 1 heterocycles. The van der Waals surface area contributed by atoms with Crippen molar-refractivity contribution in [1.29, 1.82) is 0 Å². The largest absolute Gasteiger partial charge is 0.377 e. The van der Waals surface area contributed by atoms with Crippen molar-refractivity contribution in [1.82, 2.24) is 9.55 Å². The van der Waals surface area contributed by atoms with Crippen molar-refractivity contribution in [3.8, 4) is 0 Å². The maximum absolute atomic E-state index is 5.47. The Morgan fingerprint density at radius 2 is 2.25 bits per heavy atom. The third-order valence-electron chi connectivity index (χ3n) is 2.36. The van der Waals surface area contributed by atoms with E-state index in [2.05, 4.69) is 34.9 Å². The van der Waals surface area contributed by atoms with E-state index in [0.717, 1.165) is 37.8 Å². The molecule has 0 aromatic carbocycles. The minimum Gasteiger partial charge on any atom is -0.377 e. The highest BCUT2D eigenvalue weighted by Gasteiger charge is 2.06. The van der Waals surface area contributed by atoms with Gasteiger partial charge >= 0.3 is 0 Å². The fourth-order valence-electron chi connectivity index (χ4n) is 1.68. The highest BCUT2D eigenvalue weighted by atomic mass is 16.5. The van der Waals surface area contributed by atoms with Crippen LogP contribution in [-0.4, -0.2) is 28.8 Å². The van der Waals surface area contributed by atoms with Crippen molar-refractivity contribution >= 4 is 5.95 Å². The average molecular weight is 225 g/mol. The normalized spacial score (nSPS) is 12.8. The van der Waals surface area contributed by atoms with Gasteiger partial charge in [-0.3, -0.25) is 0 Å². The van der Waals surface area contributed by atoms with E-state index in [1.54, 1.807) is 0 Å². The molecule has 1 aromatic rings. The lowest BCUT2D eigenvalue weighted by Gasteiger charge is -2.14. The zero-order valence-electron chi connectivity index (χ0n) is 10.8. The van der Waals surface area contributed by atoms with Crippen LogP contribution in [0.2, 0.25) is 0 Å². The van der Waals surface area contributed by atoms with E-state index in [4.69, 9.17) is 4.74 Å². The smallest absolute Gasteiger partial charge is 0.203 e. The summed E-state index contributed by atoms with van der Waals surface area (Å²) in [4.78, 5) is 4.46. The lowest BCUT2D eigenvalue weighted by molar-refractivity contribution is 0.0853. The van der Waals surface area contributed by atoms with Crippen LogP contribution >= 0.6 is 0 Å². The monoisotopic (exact) mass is 225 g/mol. The first kappa shape index (κ1) is 13.0. The molecule has 0 saturated heterocycles. The van der Waals surface area contributed by atoms with Gasteiger partial charge in [0.1, 0.15) is 0 Å². The van der Waals surface area contributed by atoms with E-state index in [9.17, 15) is 0 Å². The molecule has 4 nitrogen and oxygen atoms in total. The SMILES string of the molecule is CCCn1cc(C)nc1NCC(C)OCC. The number of aromatic nitrogens is 2. The summed E-state index contributed by atoms with van der Waals surface area (Å²) in [5, 5.41) is 3.33. The van der Waals surface area contributed by atoms with E-state index in [1.165, 1.54) is 0 Å². The van der Waals surface area contributed by atoms with Gasteiger partial charge in [-0.25, -0.2) is 4.98 Å². The van der Waals surface area contributed by atoms with E-state index in [-0.39, 0.29) is 6.10 Å². The van der Waals surface area contributed by atoms with Crippen LogP contribution in [0.3, 0.4) is 0 Å². The Morgan fingerprint density at radius 3 is 2.88 bits per heavy atom. The molecule has 0 amide bonds. The summed E-state index contributed by atoms with van der Waals surface area (Å²) < 4.78 is 7.63. The molecule has 0 aliphatic rings. The molecule has 0 radical (unpaired) electrons. The summed E-state index contributed by atoms with van der Waals surface area (Å²) in [6, 6.07) is 0. The number of aryl methyl sites for hydroxylation is 2. The van der Waals surface area contributed by atoms with Gasteiger partial charge in [0.25, 0.3) is 0 Å². The first-order valence-electron chi connectivity index (χ1n) is 6.06. The zero-order chi connectivity index (χ0) is 12.0. The topological polar surface area (TPSA) is 39.1 Å². The van der Waals surface area contributed by atoms with Gasteiger partial charge in [-0.1, -0.05) is 6.92 Å². The van der Waals surface area contributed by atoms with Gasteiger partial charge in [-0.15, -0.1) is 0 Å². The number of nitrogens with zero attached hydrogens (tertiary/aromatic N) is 2. The quantitative estimate of drug-likeness (QED) is 0.774. The Bertz CT molecular complexity index is 309. The Hall–Kier alpha value is -1.03. The zero-order valence-corrected chi connectivity index (χ0v) is 10.8. The van der Waals surface area contributed by atoms with Crippen molar-refractivity contribution in [3.63, 3.8) is 0 Å². The van der Waals surface area contributed by atoms with Gasteiger partial charge in [0.2, 0.25) is 5.95 Å². The number of anilines is 1. The van der Waals surface area contributed by atoms with Gasteiger partial charge in [-0.05, 0) is 27.2 Å². The van der Waals surface area contributed by atoms with Crippen LogP contribution in [0.15, 0.2) is 6.20 Å². The minimum atomic E-state index is 0.220. The van der Waals surface area contributed by atoms with E-state index < -0.39 is 0 Å². The minimum absolute atomic E-state index is 0.220. The third kappa shape index (κ3) is 3.85. The second kappa shape index (κ2) is 6.53. The van der Waals surface area contributed by atoms with E-state index in [1.807, 2.05) is 13.8 Å². The molecule has 1 atom stereocenters. The Morgan fingerprint density at radius 1 is 1.50 bits per heavy atom. The first-order chi connectivity index (χ1) is 7.67. The predicted molar refractivity (Wildman–Crippen MR) is 66.8 cm³/mol. The van der Waals surface area contributed by atoms with Crippen molar-refractivity contribution in [2.75, 3.05) is 18.5 Å². The van der Waals surface area contributed by atoms with E-state index in [0.29, 0.717) is 0 Å². The third-order valence-corrected chi connectivity index (χ3v) is 2.36. The molecule has 0 bridgehead atoms. The van der Waals surface area contributed by atoms with Crippen LogP contribution in [0, 0.1) is 6.92 Å². The number of rotatable bonds is 7. The summed E-state index contributed by atoms with van der Waals surface area (Å²) in [6.45, 7) is 10.8. The molecule has 1 unspecified atom stereocenters. The predicted octanol–water partition coefficient (Wildman–Crippen LogP) is 2.44. The molecular weight excluding hydrogens is 202 g/mol. The number of ether oxygens (including phenoxy) is 1. The number of nitrogens with one attached hydrogen (secondary N) is 1. The second-order valence-corrected chi connectivity index (χ2v) is 4.05. The van der Waals surface area contributed by atoms with Gasteiger partial charge < -0.3 is 14.6 Å². The summed E-state index contributed by atoms with van der Waals surface area (Å²) in [6.07, 6.45) is 3.42. The Labute approximate surface area is 98.0 Å². The Balaban J connectivity index is 2.51. The molecule has 0 fully saturated rings. The molecule has 0 spiro atoms. The molecule has 1 aromatic heterocycles. The molecule has 1 N–H and O–H groups in total. The second-order valence-electron chi connectivity index (χ2n) is 4.05. The number of hydrogen-bond donors (Lipinski definition) is 1. The van der Waals surface area contributed by atoms with Crippen LogP contribution in [-0.2, 0) is 11.3 Å². The molecule has 4 heteroatoms.